The molecule has 1 aliphatic heterocycles. The Morgan fingerprint density at radius 3 is 2.60 bits per heavy atom. The highest BCUT2D eigenvalue weighted by molar-refractivity contribution is 5.89. The van der Waals surface area contributed by atoms with Crippen molar-refractivity contribution in [3.8, 4) is 0 Å². The Balaban J connectivity index is 1.65. The molecular formula is C23H26F3N3O. The van der Waals surface area contributed by atoms with Crippen LogP contribution in [0, 0.1) is 0 Å². The Kier molecular flexibility index (Phi) is 5.59. The summed E-state index contributed by atoms with van der Waals surface area (Å²) in [6.45, 7) is 3.29. The molecule has 30 heavy (non-hydrogen) atoms. The molecule has 1 atom stereocenters. The highest BCUT2D eigenvalue weighted by Gasteiger charge is 2.51. The Labute approximate surface area is 174 Å². The fourth-order valence-electron chi connectivity index (χ4n) is 4.83. The maximum Gasteiger partial charge on any atom is 0.416 e. The van der Waals surface area contributed by atoms with E-state index in [9.17, 15) is 18.0 Å². The van der Waals surface area contributed by atoms with Crippen LogP contribution < -0.4 is 5.32 Å². The van der Waals surface area contributed by atoms with Gasteiger partial charge in [0.2, 0.25) is 5.91 Å². The van der Waals surface area contributed by atoms with E-state index in [-0.39, 0.29) is 12.5 Å². The summed E-state index contributed by atoms with van der Waals surface area (Å²) in [5.74, 6) is -0.0493. The predicted molar refractivity (Wildman–Crippen MR) is 109 cm³/mol. The summed E-state index contributed by atoms with van der Waals surface area (Å²) in [6.07, 6.45) is -2.88. The average molecular weight is 417 g/mol. The number of piperazine rings is 1. The number of benzene rings is 2. The van der Waals surface area contributed by atoms with Gasteiger partial charge in [-0.25, -0.2) is 0 Å². The van der Waals surface area contributed by atoms with Crippen LogP contribution >= 0.6 is 0 Å². The molecule has 1 heterocycles. The van der Waals surface area contributed by atoms with Crippen LogP contribution in [0.15, 0.2) is 48.5 Å². The SMILES string of the molecule is CN(Cc1cccc(C(F)(F)F)c1)C(=O)C1(N2CCNCC2)CCc2ccccc21. The van der Waals surface area contributed by atoms with E-state index >= 15 is 0 Å². The number of carbonyl (C=O) groups excluding carboxylic acids is 1. The Morgan fingerprint density at radius 2 is 1.87 bits per heavy atom. The Bertz CT molecular complexity index is 924. The first kappa shape index (κ1) is 20.9. The first-order valence-corrected chi connectivity index (χ1v) is 10.3. The highest BCUT2D eigenvalue weighted by Crippen LogP contribution is 2.43. The number of alkyl halides is 3. The summed E-state index contributed by atoms with van der Waals surface area (Å²) in [6, 6.07) is 13.3. The van der Waals surface area contributed by atoms with Gasteiger partial charge in [0.1, 0.15) is 5.54 Å². The maximum absolute atomic E-state index is 13.9. The highest BCUT2D eigenvalue weighted by atomic mass is 19.4. The average Bonchev–Trinajstić information content (AvgIpc) is 3.14. The first-order chi connectivity index (χ1) is 14.3. The molecule has 1 fully saturated rings. The minimum Gasteiger partial charge on any atom is -0.340 e. The number of nitrogens with one attached hydrogen (secondary N) is 1. The Hall–Kier alpha value is -2.38. The standard InChI is InChI=1S/C23H26F3N3O/c1-28(16-17-5-4-7-19(15-17)23(24,25)26)21(30)22(29-13-11-27-12-14-29)10-9-18-6-2-3-8-20(18)22/h2-8,15,27H,9-14,16H2,1H3. The quantitative estimate of drug-likeness (QED) is 0.828. The number of carbonyl (C=O) groups is 1. The van der Waals surface area contributed by atoms with Crippen molar-refractivity contribution in [2.24, 2.45) is 0 Å². The van der Waals surface area contributed by atoms with E-state index in [1.165, 1.54) is 11.6 Å². The molecule has 4 nitrogen and oxygen atoms in total. The lowest BCUT2D eigenvalue weighted by atomic mass is 9.87. The van der Waals surface area contributed by atoms with Crippen LogP contribution in [0.2, 0.25) is 0 Å². The van der Waals surface area contributed by atoms with Crippen molar-refractivity contribution in [3.63, 3.8) is 0 Å². The van der Waals surface area contributed by atoms with Crippen LogP contribution in [-0.4, -0.2) is 48.9 Å². The largest absolute Gasteiger partial charge is 0.416 e. The number of rotatable bonds is 4. The van der Waals surface area contributed by atoms with Gasteiger partial charge in [-0.2, -0.15) is 13.2 Å². The summed E-state index contributed by atoms with van der Waals surface area (Å²) in [5.41, 5.74) is 1.24. The number of fused-ring (bicyclic) bond motifs is 1. The summed E-state index contributed by atoms with van der Waals surface area (Å²) in [4.78, 5) is 17.7. The lowest BCUT2D eigenvalue weighted by molar-refractivity contribution is -0.145. The third-order valence-corrected chi connectivity index (χ3v) is 6.25. The van der Waals surface area contributed by atoms with Gasteiger partial charge in [0.05, 0.1) is 5.56 Å². The summed E-state index contributed by atoms with van der Waals surface area (Å²) >= 11 is 0. The second-order valence-electron chi connectivity index (χ2n) is 8.11. The number of halogens is 3. The first-order valence-electron chi connectivity index (χ1n) is 10.3. The molecule has 1 amide bonds. The number of likely N-dealkylation sites (N-methyl/N-ethyl adjacent to an activating group) is 1. The number of nitrogens with zero attached hydrogens (tertiary/aromatic N) is 2. The molecule has 2 aromatic rings. The van der Waals surface area contributed by atoms with Gasteiger partial charge in [0.25, 0.3) is 0 Å². The molecule has 4 rings (SSSR count). The van der Waals surface area contributed by atoms with Gasteiger partial charge in [-0.3, -0.25) is 9.69 Å². The molecule has 2 aliphatic rings. The predicted octanol–water partition coefficient (Wildman–Crippen LogP) is 3.41. The van der Waals surface area contributed by atoms with Crippen LogP contribution in [0.25, 0.3) is 0 Å². The van der Waals surface area contributed by atoms with E-state index in [0.29, 0.717) is 12.0 Å². The van der Waals surface area contributed by atoms with E-state index in [0.717, 1.165) is 50.3 Å². The molecule has 1 saturated heterocycles. The van der Waals surface area contributed by atoms with E-state index in [4.69, 9.17) is 0 Å². The van der Waals surface area contributed by atoms with Gasteiger partial charge >= 0.3 is 6.18 Å². The smallest absolute Gasteiger partial charge is 0.340 e. The number of hydrogen-bond donors (Lipinski definition) is 1. The van der Waals surface area contributed by atoms with Crippen LogP contribution in [0.1, 0.15) is 28.7 Å². The lowest BCUT2D eigenvalue weighted by Gasteiger charge is -2.44. The molecular weight excluding hydrogens is 391 g/mol. The zero-order valence-corrected chi connectivity index (χ0v) is 17.0. The summed E-state index contributed by atoms with van der Waals surface area (Å²) < 4.78 is 39.3. The Morgan fingerprint density at radius 1 is 1.13 bits per heavy atom. The topological polar surface area (TPSA) is 35.6 Å². The maximum atomic E-state index is 13.9. The molecule has 0 bridgehead atoms. The normalized spacial score (nSPS) is 22.0. The second-order valence-corrected chi connectivity index (χ2v) is 8.11. The number of hydrogen-bond acceptors (Lipinski definition) is 3. The molecule has 1 unspecified atom stereocenters. The lowest BCUT2D eigenvalue weighted by Crippen LogP contribution is -2.60. The van der Waals surface area contributed by atoms with Crippen molar-refractivity contribution in [2.45, 2.75) is 31.1 Å². The van der Waals surface area contributed by atoms with Crippen molar-refractivity contribution < 1.29 is 18.0 Å². The molecule has 0 saturated carbocycles. The monoisotopic (exact) mass is 417 g/mol. The zero-order valence-electron chi connectivity index (χ0n) is 17.0. The van der Waals surface area contributed by atoms with E-state index in [1.807, 2.05) is 18.2 Å². The van der Waals surface area contributed by atoms with E-state index in [1.54, 1.807) is 18.0 Å². The fourth-order valence-corrected chi connectivity index (χ4v) is 4.83. The second kappa shape index (κ2) is 8.04. The van der Waals surface area contributed by atoms with Crippen molar-refractivity contribution in [2.75, 3.05) is 33.2 Å². The fraction of sp³-hybridized carbons (Fsp3) is 0.435. The zero-order chi connectivity index (χ0) is 21.4. The molecule has 0 aromatic heterocycles. The summed E-state index contributed by atoms with van der Waals surface area (Å²) in [7, 11) is 1.69. The minimum atomic E-state index is -4.40. The van der Waals surface area contributed by atoms with Crippen molar-refractivity contribution in [3.05, 3.63) is 70.8 Å². The molecule has 1 aliphatic carbocycles. The van der Waals surface area contributed by atoms with Crippen molar-refractivity contribution in [1.29, 1.82) is 0 Å². The van der Waals surface area contributed by atoms with Crippen LogP contribution in [0.4, 0.5) is 13.2 Å². The van der Waals surface area contributed by atoms with Gasteiger partial charge in [-0.1, -0.05) is 36.4 Å². The number of aryl methyl sites for hydroxylation is 1. The van der Waals surface area contributed by atoms with Crippen LogP contribution in [0.3, 0.4) is 0 Å². The third-order valence-electron chi connectivity index (χ3n) is 6.25. The van der Waals surface area contributed by atoms with Gasteiger partial charge in [0, 0.05) is 39.8 Å². The third kappa shape index (κ3) is 3.72. The van der Waals surface area contributed by atoms with Gasteiger partial charge in [-0.15, -0.1) is 0 Å². The molecule has 7 heteroatoms. The van der Waals surface area contributed by atoms with Gasteiger partial charge in [0.15, 0.2) is 0 Å². The van der Waals surface area contributed by atoms with Crippen LogP contribution in [0.5, 0.6) is 0 Å². The molecule has 0 spiro atoms. The molecule has 0 radical (unpaired) electrons. The molecule has 2 aromatic carbocycles. The van der Waals surface area contributed by atoms with E-state index < -0.39 is 17.3 Å². The van der Waals surface area contributed by atoms with Gasteiger partial charge < -0.3 is 10.2 Å². The minimum absolute atomic E-state index is 0.0493. The van der Waals surface area contributed by atoms with Gasteiger partial charge in [-0.05, 0) is 41.7 Å². The molecule has 1 N–H and O–H groups in total. The molecule has 160 valence electrons. The van der Waals surface area contributed by atoms with Crippen molar-refractivity contribution >= 4 is 5.91 Å². The van der Waals surface area contributed by atoms with Crippen molar-refractivity contribution in [1.82, 2.24) is 15.1 Å². The summed E-state index contributed by atoms with van der Waals surface area (Å²) in [5, 5.41) is 3.33. The van der Waals surface area contributed by atoms with Crippen LogP contribution in [-0.2, 0) is 29.5 Å². The van der Waals surface area contributed by atoms with E-state index in [2.05, 4.69) is 16.3 Å². The number of amides is 1.